The molecule has 0 atom stereocenters. The molecule has 3 rings (SSSR count). The average Bonchev–Trinajstić information content (AvgIpc) is 3.20. The first-order chi connectivity index (χ1) is 14.4. The Labute approximate surface area is 180 Å². The van der Waals surface area contributed by atoms with Crippen molar-refractivity contribution in [3.05, 3.63) is 58.9 Å². The van der Waals surface area contributed by atoms with Crippen LogP contribution in [0.5, 0.6) is 11.5 Å². The van der Waals surface area contributed by atoms with Gasteiger partial charge in [0.15, 0.2) is 0 Å². The quantitative estimate of drug-likeness (QED) is 0.528. The monoisotopic (exact) mass is 429 g/mol. The summed E-state index contributed by atoms with van der Waals surface area (Å²) in [6.07, 6.45) is 0.157. The van der Waals surface area contributed by atoms with Gasteiger partial charge in [0.25, 0.3) is 0 Å². The molecule has 1 amide bonds. The fourth-order valence-corrected chi connectivity index (χ4v) is 3.27. The third-order valence-corrected chi connectivity index (χ3v) is 4.98. The maximum absolute atomic E-state index is 13.1. The van der Waals surface area contributed by atoms with E-state index >= 15 is 0 Å². The van der Waals surface area contributed by atoms with Gasteiger partial charge in [-0.25, -0.2) is 0 Å². The largest absolute Gasteiger partial charge is 0.497 e. The van der Waals surface area contributed by atoms with Gasteiger partial charge in [0.05, 0.1) is 37.8 Å². The van der Waals surface area contributed by atoms with Crippen LogP contribution in [0.25, 0.3) is 11.5 Å². The summed E-state index contributed by atoms with van der Waals surface area (Å²) in [7, 11) is 3.16. The highest BCUT2D eigenvalue weighted by molar-refractivity contribution is 6.33. The molecule has 3 aromatic rings. The minimum absolute atomic E-state index is 0.0650. The zero-order valence-corrected chi connectivity index (χ0v) is 18.1. The van der Waals surface area contributed by atoms with Crippen molar-refractivity contribution in [1.29, 1.82) is 0 Å². The Kier molecular flexibility index (Phi) is 6.95. The number of hydrogen-bond acceptors (Lipinski definition) is 6. The Morgan fingerprint density at radius 2 is 1.90 bits per heavy atom. The van der Waals surface area contributed by atoms with Crippen LogP contribution >= 0.6 is 11.6 Å². The average molecular weight is 430 g/mol. The number of halogens is 1. The molecule has 1 aromatic heterocycles. The Morgan fingerprint density at radius 1 is 1.13 bits per heavy atom. The van der Waals surface area contributed by atoms with Crippen LogP contribution in [0.4, 0.5) is 0 Å². The number of methoxy groups -OCH3 is 2. The highest BCUT2D eigenvalue weighted by Crippen LogP contribution is 2.27. The highest BCUT2D eigenvalue weighted by atomic mass is 35.5. The molecule has 158 valence electrons. The number of hydrogen-bond donors (Lipinski definition) is 0. The number of aromatic nitrogens is 2. The van der Waals surface area contributed by atoms with Gasteiger partial charge in [0.2, 0.25) is 17.7 Å². The Hall–Kier alpha value is -3.06. The molecule has 0 saturated carbocycles. The standard InChI is InChI=1S/C22H24ClN3O4/c1-14(2)26(21(27)12-15-11-16(28-3)9-10-19(15)29-4)13-20-24-25-22(30-20)17-7-5-6-8-18(17)23/h5-11,14H,12-13H2,1-4H3. The maximum atomic E-state index is 13.1. The van der Waals surface area contributed by atoms with Crippen LogP contribution < -0.4 is 9.47 Å². The SMILES string of the molecule is COc1ccc(OC)c(CC(=O)N(Cc2nnc(-c3ccccc3Cl)o2)C(C)C)c1. The van der Waals surface area contributed by atoms with E-state index in [9.17, 15) is 4.79 Å². The molecule has 0 unspecified atom stereocenters. The number of rotatable bonds is 8. The van der Waals surface area contributed by atoms with Crippen LogP contribution in [0, 0.1) is 0 Å². The summed E-state index contributed by atoms with van der Waals surface area (Å²) in [5, 5.41) is 8.69. The van der Waals surface area contributed by atoms with Gasteiger partial charge in [-0.2, -0.15) is 0 Å². The summed E-state index contributed by atoms with van der Waals surface area (Å²) in [5.74, 6) is 1.86. The van der Waals surface area contributed by atoms with Crippen molar-refractivity contribution in [2.45, 2.75) is 32.9 Å². The van der Waals surface area contributed by atoms with Crippen molar-refractivity contribution in [3.8, 4) is 23.0 Å². The summed E-state index contributed by atoms with van der Waals surface area (Å²) in [6.45, 7) is 4.07. The predicted molar refractivity (Wildman–Crippen MR) is 114 cm³/mol. The summed E-state index contributed by atoms with van der Waals surface area (Å²) < 4.78 is 16.4. The summed E-state index contributed by atoms with van der Waals surface area (Å²) in [6, 6.07) is 12.6. The van der Waals surface area contributed by atoms with Crippen molar-refractivity contribution < 1.29 is 18.7 Å². The smallest absolute Gasteiger partial charge is 0.249 e. The van der Waals surface area contributed by atoms with Crippen LogP contribution in [0.15, 0.2) is 46.9 Å². The van der Waals surface area contributed by atoms with Gasteiger partial charge < -0.3 is 18.8 Å². The second kappa shape index (κ2) is 9.63. The molecular weight excluding hydrogens is 406 g/mol. The minimum Gasteiger partial charge on any atom is -0.497 e. The number of amides is 1. The molecule has 0 fully saturated rings. The van der Waals surface area contributed by atoms with Crippen molar-refractivity contribution in [3.63, 3.8) is 0 Å². The number of nitrogens with zero attached hydrogens (tertiary/aromatic N) is 3. The molecule has 0 saturated heterocycles. The topological polar surface area (TPSA) is 77.7 Å². The molecule has 2 aromatic carbocycles. The second-order valence-corrected chi connectivity index (χ2v) is 7.36. The van der Waals surface area contributed by atoms with E-state index in [0.717, 1.165) is 5.56 Å². The van der Waals surface area contributed by atoms with Crippen LogP contribution in [-0.2, 0) is 17.8 Å². The van der Waals surface area contributed by atoms with Gasteiger partial charge in [0.1, 0.15) is 11.5 Å². The van der Waals surface area contributed by atoms with Gasteiger partial charge in [-0.05, 0) is 44.2 Å². The van der Waals surface area contributed by atoms with Gasteiger partial charge >= 0.3 is 0 Å². The van der Waals surface area contributed by atoms with Gasteiger partial charge in [0, 0.05) is 11.6 Å². The second-order valence-electron chi connectivity index (χ2n) is 6.95. The first kappa shape index (κ1) is 21.6. The van der Waals surface area contributed by atoms with E-state index in [1.165, 1.54) is 0 Å². The lowest BCUT2D eigenvalue weighted by Gasteiger charge is -2.25. The van der Waals surface area contributed by atoms with Gasteiger partial charge in [-0.1, -0.05) is 23.7 Å². The van der Waals surface area contributed by atoms with Crippen molar-refractivity contribution in [1.82, 2.24) is 15.1 Å². The lowest BCUT2D eigenvalue weighted by atomic mass is 10.1. The fraction of sp³-hybridized carbons (Fsp3) is 0.318. The molecule has 1 heterocycles. The molecule has 0 spiro atoms. The number of carbonyl (C=O) groups is 1. The van der Waals surface area contributed by atoms with Crippen molar-refractivity contribution in [2.75, 3.05) is 14.2 Å². The number of ether oxygens (including phenoxy) is 2. The molecule has 0 N–H and O–H groups in total. The summed E-state index contributed by atoms with van der Waals surface area (Å²) in [5.41, 5.74) is 1.40. The number of carbonyl (C=O) groups excluding carboxylic acids is 1. The lowest BCUT2D eigenvalue weighted by Crippen LogP contribution is -2.37. The molecule has 0 aliphatic rings. The van der Waals surface area contributed by atoms with Crippen molar-refractivity contribution >= 4 is 17.5 Å². The van der Waals surface area contributed by atoms with E-state index < -0.39 is 0 Å². The highest BCUT2D eigenvalue weighted by Gasteiger charge is 2.22. The summed E-state index contributed by atoms with van der Waals surface area (Å²) >= 11 is 6.20. The normalized spacial score (nSPS) is 10.9. The molecule has 8 heteroatoms. The Morgan fingerprint density at radius 3 is 2.57 bits per heavy atom. The zero-order chi connectivity index (χ0) is 21.7. The summed E-state index contributed by atoms with van der Waals surface area (Å²) in [4.78, 5) is 14.8. The van der Waals surface area contributed by atoms with Gasteiger partial charge in [-0.15, -0.1) is 10.2 Å². The molecule has 0 radical (unpaired) electrons. The van der Waals surface area contributed by atoms with E-state index in [1.54, 1.807) is 49.5 Å². The van der Waals surface area contributed by atoms with Crippen LogP contribution in [0.2, 0.25) is 5.02 Å². The van der Waals surface area contributed by atoms with Crippen LogP contribution in [0.1, 0.15) is 25.3 Å². The van der Waals surface area contributed by atoms with E-state index in [1.807, 2.05) is 26.0 Å². The zero-order valence-electron chi connectivity index (χ0n) is 17.4. The minimum atomic E-state index is -0.0888. The Bertz CT molecular complexity index is 1020. The lowest BCUT2D eigenvalue weighted by molar-refractivity contribution is -0.133. The molecular formula is C22H24ClN3O4. The molecule has 7 nitrogen and oxygen atoms in total. The third-order valence-electron chi connectivity index (χ3n) is 4.65. The van der Waals surface area contributed by atoms with Gasteiger partial charge in [-0.3, -0.25) is 4.79 Å². The predicted octanol–water partition coefficient (Wildman–Crippen LogP) is 4.39. The van der Waals surface area contributed by atoms with Crippen molar-refractivity contribution in [2.24, 2.45) is 0 Å². The molecule has 0 bridgehead atoms. The first-order valence-electron chi connectivity index (χ1n) is 9.50. The maximum Gasteiger partial charge on any atom is 0.249 e. The van der Waals surface area contributed by atoms with E-state index in [4.69, 9.17) is 25.5 Å². The molecule has 0 aliphatic carbocycles. The van der Waals surface area contributed by atoms with Crippen LogP contribution in [0.3, 0.4) is 0 Å². The third kappa shape index (κ3) is 4.91. The van der Waals surface area contributed by atoms with Crippen LogP contribution in [-0.4, -0.2) is 41.3 Å². The van der Waals surface area contributed by atoms with E-state index in [0.29, 0.717) is 33.9 Å². The molecule has 0 aliphatic heterocycles. The fourth-order valence-electron chi connectivity index (χ4n) is 3.05. The molecule has 30 heavy (non-hydrogen) atoms. The number of benzene rings is 2. The van der Waals surface area contributed by atoms with E-state index in [-0.39, 0.29) is 24.9 Å². The first-order valence-corrected chi connectivity index (χ1v) is 9.88. The van der Waals surface area contributed by atoms with E-state index in [2.05, 4.69) is 10.2 Å². The Balaban J connectivity index is 1.79.